The topological polar surface area (TPSA) is 61.6 Å². The molecule has 25 heavy (non-hydrogen) atoms. The first-order valence-corrected chi connectivity index (χ1v) is 7.66. The molecular formula is C18H11ClF2N4. The molecule has 0 fully saturated rings. The van der Waals surface area contributed by atoms with Crippen LogP contribution in [0.3, 0.4) is 0 Å². The largest absolute Gasteiger partial charge is 0.324 e. The summed E-state index contributed by atoms with van der Waals surface area (Å²) in [6.07, 6.45) is -0.0528. The van der Waals surface area contributed by atoms with Gasteiger partial charge in [0.15, 0.2) is 0 Å². The van der Waals surface area contributed by atoms with Crippen molar-refractivity contribution < 1.29 is 8.78 Å². The quantitative estimate of drug-likeness (QED) is 0.693. The fourth-order valence-corrected chi connectivity index (χ4v) is 2.46. The summed E-state index contributed by atoms with van der Waals surface area (Å²) in [6.45, 7) is 0. The molecule has 0 saturated heterocycles. The number of halogens is 3. The van der Waals surface area contributed by atoms with Gasteiger partial charge in [0.1, 0.15) is 16.8 Å². The average molecular weight is 357 g/mol. The summed E-state index contributed by atoms with van der Waals surface area (Å²) in [5.41, 5.74) is 1.47. The summed E-state index contributed by atoms with van der Waals surface area (Å²) in [7, 11) is 0. The van der Waals surface area contributed by atoms with Gasteiger partial charge in [-0.05, 0) is 42.5 Å². The number of hydrogen-bond acceptors (Lipinski definition) is 4. The Morgan fingerprint density at radius 2 is 1.72 bits per heavy atom. The fourth-order valence-electron chi connectivity index (χ4n) is 2.25. The van der Waals surface area contributed by atoms with Crippen LogP contribution in [0.4, 0.5) is 20.4 Å². The maximum absolute atomic E-state index is 13.8. The van der Waals surface area contributed by atoms with E-state index in [1.807, 2.05) is 6.07 Å². The number of benzene rings is 2. The summed E-state index contributed by atoms with van der Waals surface area (Å²) in [5, 5.41) is 11.9. The molecular weight excluding hydrogens is 346 g/mol. The highest BCUT2D eigenvalue weighted by Gasteiger charge is 2.12. The van der Waals surface area contributed by atoms with Crippen molar-refractivity contribution in [2.75, 3.05) is 5.32 Å². The van der Waals surface area contributed by atoms with Crippen LogP contribution < -0.4 is 5.32 Å². The maximum Gasteiger partial charge on any atom is 0.228 e. The lowest BCUT2D eigenvalue weighted by atomic mass is 10.1. The van der Waals surface area contributed by atoms with Gasteiger partial charge in [0.05, 0.1) is 17.3 Å². The van der Waals surface area contributed by atoms with Crippen molar-refractivity contribution >= 4 is 23.2 Å². The monoisotopic (exact) mass is 356 g/mol. The number of hydrogen-bond donors (Lipinski definition) is 1. The van der Waals surface area contributed by atoms with Gasteiger partial charge < -0.3 is 5.32 Å². The van der Waals surface area contributed by atoms with Gasteiger partial charge in [0, 0.05) is 17.7 Å². The van der Waals surface area contributed by atoms with Crippen LogP contribution in [0.2, 0.25) is 5.15 Å². The van der Waals surface area contributed by atoms with E-state index in [9.17, 15) is 8.78 Å². The Balaban J connectivity index is 1.86. The van der Waals surface area contributed by atoms with Gasteiger partial charge in [0.2, 0.25) is 5.95 Å². The molecule has 1 N–H and O–H groups in total. The van der Waals surface area contributed by atoms with E-state index in [1.54, 1.807) is 24.3 Å². The summed E-state index contributed by atoms with van der Waals surface area (Å²) in [4.78, 5) is 8.29. The molecule has 0 atom stereocenters. The van der Waals surface area contributed by atoms with Gasteiger partial charge in [-0.1, -0.05) is 17.7 Å². The molecule has 0 spiro atoms. The smallest absolute Gasteiger partial charge is 0.228 e. The standard InChI is InChI=1S/C18H11ClF2N4/c19-17-9-13(8-14-15(20)2-1-3-16(14)21)24-18(25-17)23-12-6-4-11(10-22)5-7-12/h1-7,9H,8H2,(H,23,24,25). The molecule has 2 aromatic carbocycles. The van der Waals surface area contributed by atoms with Crippen LogP contribution in [0.1, 0.15) is 16.8 Å². The predicted molar refractivity (Wildman–Crippen MR) is 90.6 cm³/mol. The van der Waals surface area contributed by atoms with Crippen molar-refractivity contribution in [3.8, 4) is 6.07 Å². The number of anilines is 2. The Labute approximate surface area is 147 Å². The molecule has 0 aliphatic heterocycles. The van der Waals surface area contributed by atoms with E-state index < -0.39 is 11.6 Å². The fraction of sp³-hybridized carbons (Fsp3) is 0.0556. The van der Waals surface area contributed by atoms with Gasteiger partial charge in [0.25, 0.3) is 0 Å². The Hall–Kier alpha value is -3.04. The summed E-state index contributed by atoms with van der Waals surface area (Å²) < 4.78 is 27.6. The normalized spacial score (nSPS) is 10.3. The van der Waals surface area contributed by atoms with E-state index in [0.717, 1.165) is 0 Å². The summed E-state index contributed by atoms with van der Waals surface area (Å²) >= 11 is 5.99. The number of aromatic nitrogens is 2. The Bertz CT molecular complexity index is 932. The highest BCUT2D eigenvalue weighted by molar-refractivity contribution is 6.29. The molecule has 3 rings (SSSR count). The van der Waals surface area contributed by atoms with Gasteiger partial charge in [-0.2, -0.15) is 5.26 Å². The van der Waals surface area contributed by atoms with Crippen LogP contribution in [0.25, 0.3) is 0 Å². The highest BCUT2D eigenvalue weighted by Crippen LogP contribution is 2.20. The van der Waals surface area contributed by atoms with Crippen LogP contribution in [-0.2, 0) is 6.42 Å². The first kappa shape index (κ1) is 16.8. The minimum absolute atomic E-state index is 0.0528. The van der Waals surface area contributed by atoms with E-state index in [2.05, 4.69) is 15.3 Å². The first-order valence-electron chi connectivity index (χ1n) is 7.28. The molecule has 0 amide bonds. The van der Waals surface area contributed by atoms with Crippen LogP contribution in [0, 0.1) is 23.0 Å². The van der Waals surface area contributed by atoms with Crippen molar-refractivity contribution in [2.45, 2.75) is 6.42 Å². The molecule has 0 unspecified atom stereocenters. The van der Waals surface area contributed by atoms with Crippen LogP contribution >= 0.6 is 11.6 Å². The number of nitrogens with one attached hydrogen (secondary N) is 1. The zero-order valence-corrected chi connectivity index (χ0v) is 13.6. The molecule has 3 aromatic rings. The lowest BCUT2D eigenvalue weighted by Crippen LogP contribution is -2.03. The van der Waals surface area contributed by atoms with Crippen molar-refractivity contribution in [1.29, 1.82) is 5.26 Å². The predicted octanol–water partition coefficient (Wildman–Crippen LogP) is 4.61. The van der Waals surface area contributed by atoms with E-state index in [4.69, 9.17) is 16.9 Å². The SMILES string of the molecule is N#Cc1ccc(Nc2nc(Cl)cc(Cc3c(F)cccc3F)n2)cc1. The van der Waals surface area contributed by atoms with Crippen LogP contribution in [0.15, 0.2) is 48.5 Å². The van der Waals surface area contributed by atoms with Crippen LogP contribution in [0.5, 0.6) is 0 Å². The van der Waals surface area contributed by atoms with E-state index in [1.165, 1.54) is 24.3 Å². The molecule has 124 valence electrons. The maximum atomic E-state index is 13.8. The Morgan fingerprint density at radius 1 is 1.04 bits per heavy atom. The number of nitriles is 1. The second-order valence-electron chi connectivity index (χ2n) is 5.20. The zero-order valence-electron chi connectivity index (χ0n) is 12.8. The lowest BCUT2D eigenvalue weighted by molar-refractivity contribution is 0.560. The van der Waals surface area contributed by atoms with E-state index in [-0.39, 0.29) is 23.1 Å². The van der Waals surface area contributed by atoms with Crippen molar-refractivity contribution in [3.63, 3.8) is 0 Å². The third-order valence-electron chi connectivity index (χ3n) is 3.44. The van der Waals surface area contributed by atoms with Crippen molar-refractivity contribution in [1.82, 2.24) is 9.97 Å². The second kappa shape index (κ2) is 7.24. The van der Waals surface area contributed by atoms with E-state index >= 15 is 0 Å². The van der Waals surface area contributed by atoms with Crippen molar-refractivity contribution in [2.24, 2.45) is 0 Å². The minimum Gasteiger partial charge on any atom is -0.324 e. The molecule has 7 heteroatoms. The summed E-state index contributed by atoms with van der Waals surface area (Å²) in [5.74, 6) is -1.09. The minimum atomic E-state index is -0.642. The third-order valence-corrected chi connectivity index (χ3v) is 3.63. The lowest BCUT2D eigenvalue weighted by Gasteiger charge is -2.09. The molecule has 0 bridgehead atoms. The van der Waals surface area contributed by atoms with Gasteiger partial charge >= 0.3 is 0 Å². The zero-order chi connectivity index (χ0) is 17.8. The van der Waals surface area contributed by atoms with Crippen molar-refractivity contribution in [3.05, 3.63) is 82.1 Å². The third kappa shape index (κ3) is 4.08. The first-order chi connectivity index (χ1) is 12.0. The Morgan fingerprint density at radius 3 is 2.36 bits per heavy atom. The van der Waals surface area contributed by atoms with Gasteiger partial charge in [-0.15, -0.1) is 0 Å². The molecule has 1 heterocycles. The average Bonchev–Trinajstić information content (AvgIpc) is 2.58. The molecule has 4 nitrogen and oxygen atoms in total. The van der Waals surface area contributed by atoms with E-state index in [0.29, 0.717) is 16.9 Å². The highest BCUT2D eigenvalue weighted by atomic mass is 35.5. The second-order valence-corrected chi connectivity index (χ2v) is 5.58. The molecule has 0 aliphatic rings. The molecule has 1 aromatic heterocycles. The number of nitrogens with zero attached hydrogens (tertiary/aromatic N) is 3. The Kier molecular flexibility index (Phi) is 4.87. The van der Waals surface area contributed by atoms with Crippen LogP contribution in [-0.4, -0.2) is 9.97 Å². The molecule has 0 saturated carbocycles. The molecule has 0 radical (unpaired) electrons. The van der Waals surface area contributed by atoms with Gasteiger partial charge in [-0.3, -0.25) is 0 Å². The number of rotatable bonds is 4. The molecule has 0 aliphatic carbocycles. The van der Waals surface area contributed by atoms with Gasteiger partial charge in [-0.25, -0.2) is 18.7 Å². The summed E-state index contributed by atoms with van der Waals surface area (Å²) in [6, 6.07) is 13.8.